The molecule has 2 rings (SSSR count). The number of carbonyl (C=O) groups is 1. The lowest BCUT2D eigenvalue weighted by Crippen LogP contribution is -2.15. The van der Waals surface area contributed by atoms with Crippen LogP contribution in [-0.2, 0) is 0 Å². The van der Waals surface area contributed by atoms with Crippen LogP contribution in [0.1, 0.15) is 15.9 Å². The molecule has 0 aromatic heterocycles. The van der Waals surface area contributed by atoms with Crippen molar-refractivity contribution in [2.45, 2.75) is 6.92 Å². The average Bonchev–Trinajstić information content (AvgIpc) is 2.54. The molecule has 0 aliphatic rings. The Hall–Kier alpha value is -3.49. The predicted octanol–water partition coefficient (Wildman–Crippen LogP) is 3.07. The van der Waals surface area contributed by atoms with E-state index in [1.807, 2.05) is 0 Å². The molecule has 0 saturated carbocycles. The van der Waals surface area contributed by atoms with Gasteiger partial charge in [-0.1, -0.05) is 12.1 Å². The number of hydrogen-bond donors (Lipinski definition) is 1. The Kier molecular flexibility index (Phi) is 4.73. The molecule has 0 unspecified atom stereocenters. The van der Waals surface area contributed by atoms with Crippen LogP contribution in [0.4, 0.5) is 17.1 Å². The van der Waals surface area contributed by atoms with Gasteiger partial charge in [-0.2, -0.15) is 0 Å². The molecule has 0 spiro atoms. The molecule has 0 fully saturated rings. The molecule has 1 amide bonds. The molecule has 0 aliphatic heterocycles. The predicted molar refractivity (Wildman–Crippen MR) is 85.4 cm³/mol. The highest BCUT2D eigenvalue weighted by Crippen LogP contribution is 2.30. The monoisotopic (exact) mass is 331 g/mol. The molecule has 0 radical (unpaired) electrons. The van der Waals surface area contributed by atoms with Gasteiger partial charge in [-0.05, 0) is 25.1 Å². The first kappa shape index (κ1) is 16.9. The van der Waals surface area contributed by atoms with Gasteiger partial charge in [-0.25, -0.2) is 0 Å². The van der Waals surface area contributed by atoms with Gasteiger partial charge in [0.05, 0.1) is 23.0 Å². The summed E-state index contributed by atoms with van der Waals surface area (Å²) in [6.07, 6.45) is 0. The number of para-hydroxylation sites is 1. The van der Waals surface area contributed by atoms with Crippen molar-refractivity contribution in [2.24, 2.45) is 0 Å². The highest BCUT2D eigenvalue weighted by atomic mass is 16.6. The van der Waals surface area contributed by atoms with E-state index >= 15 is 0 Å². The summed E-state index contributed by atoms with van der Waals surface area (Å²) in [4.78, 5) is 33.3. The highest BCUT2D eigenvalue weighted by molar-refractivity contribution is 6.08. The van der Waals surface area contributed by atoms with E-state index in [0.29, 0.717) is 5.56 Å². The van der Waals surface area contributed by atoms with Gasteiger partial charge in [0, 0.05) is 5.56 Å². The molecule has 2 aromatic carbocycles. The summed E-state index contributed by atoms with van der Waals surface area (Å²) in [5, 5.41) is 24.6. The molecule has 9 nitrogen and oxygen atoms in total. The fourth-order valence-electron chi connectivity index (χ4n) is 2.17. The number of ether oxygens (including phenoxy) is 1. The van der Waals surface area contributed by atoms with Gasteiger partial charge in [0.1, 0.15) is 17.0 Å². The molecule has 9 heteroatoms. The minimum atomic E-state index is -0.807. The van der Waals surface area contributed by atoms with Gasteiger partial charge in [0.2, 0.25) is 0 Å². The number of methoxy groups -OCH3 is 1. The van der Waals surface area contributed by atoms with Crippen LogP contribution in [-0.4, -0.2) is 22.9 Å². The van der Waals surface area contributed by atoms with Gasteiger partial charge in [0.15, 0.2) is 0 Å². The minimum Gasteiger partial charge on any atom is -0.496 e. The number of hydrogen-bond acceptors (Lipinski definition) is 6. The van der Waals surface area contributed by atoms with Crippen molar-refractivity contribution in [3.63, 3.8) is 0 Å². The number of nitro benzene ring substituents is 2. The summed E-state index contributed by atoms with van der Waals surface area (Å²) in [5.41, 5.74) is -0.659. The number of anilines is 1. The number of rotatable bonds is 5. The Balaban J connectivity index is 2.43. The topological polar surface area (TPSA) is 125 Å². The van der Waals surface area contributed by atoms with Crippen LogP contribution in [0.15, 0.2) is 36.4 Å². The minimum absolute atomic E-state index is 0.0818. The standard InChI is InChI=1S/C15H13N3O6/c1-9-4-3-5-11(14(9)18(22)23)15(19)16-12-7-6-10(24-2)8-13(12)17(20)21/h3-8H,1-2H3,(H,16,19). The van der Waals surface area contributed by atoms with Gasteiger partial charge in [0.25, 0.3) is 17.3 Å². The first-order valence-corrected chi connectivity index (χ1v) is 6.73. The molecule has 24 heavy (non-hydrogen) atoms. The fraction of sp³-hybridized carbons (Fsp3) is 0.133. The summed E-state index contributed by atoms with van der Waals surface area (Å²) in [6, 6.07) is 8.18. The zero-order chi connectivity index (χ0) is 17.9. The van der Waals surface area contributed by atoms with E-state index in [1.165, 1.54) is 44.4 Å². The van der Waals surface area contributed by atoms with E-state index in [2.05, 4.69) is 5.32 Å². The molecule has 2 aromatic rings. The molecule has 0 heterocycles. The number of carbonyl (C=O) groups excluding carboxylic acids is 1. The van der Waals surface area contributed by atoms with Crippen molar-refractivity contribution in [3.05, 3.63) is 67.8 Å². The molecule has 0 saturated heterocycles. The van der Waals surface area contributed by atoms with Gasteiger partial charge < -0.3 is 10.1 Å². The van der Waals surface area contributed by atoms with Crippen LogP contribution in [0.25, 0.3) is 0 Å². The first-order chi connectivity index (χ1) is 11.3. The molecule has 0 atom stereocenters. The maximum Gasteiger partial charge on any atom is 0.296 e. The van der Waals surface area contributed by atoms with E-state index in [0.717, 1.165) is 6.07 Å². The third-order valence-electron chi connectivity index (χ3n) is 3.31. The smallest absolute Gasteiger partial charge is 0.296 e. The van der Waals surface area contributed by atoms with Crippen molar-refractivity contribution >= 4 is 23.0 Å². The van der Waals surface area contributed by atoms with Crippen LogP contribution in [0.5, 0.6) is 5.75 Å². The quantitative estimate of drug-likeness (QED) is 0.663. The zero-order valence-electron chi connectivity index (χ0n) is 12.8. The van der Waals surface area contributed by atoms with Crippen molar-refractivity contribution in [2.75, 3.05) is 12.4 Å². The number of amides is 1. The van der Waals surface area contributed by atoms with E-state index < -0.39 is 15.8 Å². The molecular formula is C15H13N3O6. The van der Waals surface area contributed by atoms with Crippen LogP contribution in [0, 0.1) is 27.2 Å². The maximum atomic E-state index is 12.4. The molecule has 0 aliphatic carbocycles. The Labute approximate surface area is 136 Å². The molecular weight excluding hydrogens is 318 g/mol. The summed E-state index contributed by atoms with van der Waals surface area (Å²) < 4.78 is 4.91. The van der Waals surface area contributed by atoms with Crippen molar-refractivity contribution in [1.82, 2.24) is 0 Å². The maximum absolute atomic E-state index is 12.4. The van der Waals surface area contributed by atoms with Gasteiger partial charge in [-0.15, -0.1) is 0 Å². The lowest BCUT2D eigenvalue weighted by molar-refractivity contribution is -0.385. The van der Waals surface area contributed by atoms with Gasteiger partial charge >= 0.3 is 0 Å². The van der Waals surface area contributed by atoms with E-state index in [4.69, 9.17) is 4.74 Å². The van der Waals surface area contributed by atoms with Crippen LogP contribution in [0.3, 0.4) is 0 Å². The largest absolute Gasteiger partial charge is 0.496 e. The van der Waals surface area contributed by atoms with Crippen molar-refractivity contribution in [3.8, 4) is 5.75 Å². The summed E-state index contributed by atoms with van der Waals surface area (Å²) in [7, 11) is 1.35. The van der Waals surface area contributed by atoms with Crippen molar-refractivity contribution in [1.29, 1.82) is 0 Å². The van der Waals surface area contributed by atoms with E-state index in [1.54, 1.807) is 0 Å². The van der Waals surface area contributed by atoms with Gasteiger partial charge in [-0.3, -0.25) is 25.0 Å². The second kappa shape index (κ2) is 6.73. The zero-order valence-corrected chi connectivity index (χ0v) is 12.8. The lowest BCUT2D eigenvalue weighted by atomic mass is 10.1. The molecule has 1 N–H and O–H groups in total. The van der Waals surface area contributed by atoms with Crippen LogP contribution in [0.2, 0.25) is 0 Å². The second-order valence-corrected chi connectivity index (χ2v) is 4.82. The first-order valence-electron chi connectivity index (χ1n) is 6.73. The molecule has 0 bridgehead atoms. The SMILES string of the molecule is COc1ccc(NC(=O)c2cccc(C)c2[N+](=O)[O-])c([N+](=O)[O-])c1. The number of aryl methyl sites for hydroxylation is 1. The Morgan fingerprint density at radius 3 is 2.42 bits per heavy atom. The van der Waals surface area contributed by atoms with E-state index in [-0.39, 0.29) is 28.4 Å². The Morgan fingerprint density at radius 1 is 1.12 bits per heavy atom. The third kappa shape index (κ3) is 3.29. The number of nitrogens with one attached hydrogen (secondary N) is 1. The number of benzene rings is 2. The summed E-state index contributed by atoms with van der Waals surface area (Å²) in [5.74, 6) is -0.556. The molecule has 124 valence electrons. The Bertz CT molecular complexity index is 834. The van der Waals surface area contributed by atoms with Crippen LogP contribution >= 0.6 is 0 Å². The Morgan fingerprint density at radius 2 is 1.83 bits per heavy atom. The summed E-state index contributed by atoms with van der Waals surface area (Å²) >= 11 is 0. The third-order valence-corrected chi connectivity index (χ3v) is 3.31. The number of nitrogens with zero attached hydrogens (tertiary/aromatic N) is 2. The normalized spacial score (nSPS) is 10.1. The fourth-order valence-corrected chi connectivity index (χ4v) is 2.17. The lowest BCUT2D eigenvalue weighted by Gasteiger charge is -2.08. The van der Waals surface area contributed by atoms with Crippen LogP contribution < -0.4 is 10.1 Å². The summed E-state index contributed by atoms with van der Waals surface area (Å²) in [6.45, 7) is 1.50. The van der Waals surface area contributed by atoms with Crippen molar-refractivity contribution < 1.29 is 19.4 Å². The van der Waals surface area contributed by atoms with E-state index in [9.17, 15) is 25.0 Å². The highest BCUT2D eigenvalue weighted by Gasteiger charge is 2.24. The number of nitro groups is 2. The second-order valence-electron chi connectivity index (χ2n) is 4.82. The average molecular weight is 331 g/mol.